The first-order chi connectivity index (χ1) is 12.0. The molecular weight excluding hydrogens is 320 g/mol. The van der Waals surface area contributed by atoms with E-state index in [-0.39, 0.29) is 18.0 Å². The summed E-state index contributed by atoms with van der Waals surface area (Å²) in [5.41, 5.74) is 3.78. The van der Waals surface area contributed by atoms with Gasteiger partial charge in [0.25, 0.3) is 0 Å². The molecule has 0 spiro atoms. The number of amides is 2. The van der Waals surface area contributed by atoms with E-state index >= 15 is 0 Å². The number of benzene rings is 1. The molecule has 2 aliphatic rings. The second kappa shape index (κ2) is 5.75. The Hall–Kier alpha value is -2.57. The first kappa shape index (κ1) is 15.9. The topological polar surface area (TPSA) is 76.3 Å². The number of carbonyl (C=O) groups is 2. The maximum absolute atomic E-state index is 12.8. The zero-order valence-electron chi connectivity index (χ0n) is 14.5. The molecule has 1 N–H and O–H groups in total. The number of piperidine rings is 1. The molecule has 7 heteroatoms. The van der Waals surface area contributed by atoms with Gasteiger partial charge in [-0.2, -0.15) is 0 Å². The Morgan fingerprint density at radius 1 is 1.16 bits per heavy atom. The van der Waals surface area contributed by atoms with Crippen LogP contribution in [-0.2, 0) is 23.1 Å². The van der Waals surface area contributed by atoms with Gasteiger partial charge in [-0.3, -0.25) is 24.0 Å². The number of aromatic nitrogens is 2. The van der Waals surface area contributed by atoms with Crippen molar-refractivity contribution in [2.45, 2.75) is 38.6 Å². The molecule has 1 aromatic heterocycles. The van der Waals surface area contributed by atoms with E-state index in [9.17, 15) is 14.4 Å². The quantitative estimate of drug-likeness (QED) is 0.829. The zero-order chi connectivity index (χ0) is 17.7. The molecular formula is C18H22N4O3. The Morgan fingerprint density at radius 2 is 1.96 bits per heavy atom. The summed E-state index contributed by atoms with van der Waals surface area (Å²) >= 11 is 0. The molecule has 1 aromatic carbocycles. The Bertz CT molecular complexity index is 940. The van der Waals surface area contributed by atoms with Crippen LogP contribution in [0.15, 0.2) is 16.9 Å². The monoisotopic (exact) mass is 342 g/mol. The Labute approximate surface area is 145 Å². The lowest BCUT2D eigenvalue weighted by atomic mass is 10.00. The highest BCUT2D eigenvalue weighted by Crippen LogP contribution is 2.32. The second-order valence-electron chi connectivity index (χ2n) is 6.83. The number of aryl methyl sites for hydroxylation is 2. The molecule has 3 heterocycles. The van der Waals surface area contributed by atoms with Gasteiger partial charge in [-0.15, -0.1) is 0 Å². The molecule has 0 bridgehead atoms. The molecule has 25 heavy (non-hydrogen) atoms. The molecule has 4 rings (SSSR count). The number of nitrogens with zero attached hydrogens (tertiary/aromatic N) is 3. The Balaban J connectivity index is 1.91. The number of carbonyl (C=O) groups excluding carboxylic acids is 2. The SMILES string of the molecule is CCN1CCCc2cc3c(cc21)n(C)c(=O)n3C1CCC(=O)NC1=O. The average molecular weight is 342 g/mol. The summed E-state index contributed by atoms with van der Waals surface area (Å²) in [4.78, 5) is 38.9. The van der Waals surface area contributed by atoms with Gasteiger partial charge in [-0.05, 0) is 43.9 Å². The van der Waals surface area contributed by atoms with Crippen LogP contribution in [0, 0.1) is 0 Å². The predicted molar refractivity (Wildman–Crippen MR) is 94.8 cm³/mol. The van der Waals surface area contributed by atoms with E-state index in [2.05, 4.69) is 29.3 Å². The minimum absolute atomic E-state index is 0.213. The molecule has 2 aromatic rings. The number of anilines is 1. The van der Waals surface area contributed by atoms with Crippen molar-refractivity contribution >= 4 is 28.5 Å². The lowest BCUT2D eigenvalue weighted by Crippen LogP contribution is -2.44. The van der Waals surface area contributed by atoms with Gasteiger partial charge in [0.2, 0.25) is 11.8 Å². The van der Waals surface area contributed by atoms with Crippen molar-refractivity contribution in [1.29, 1.82) is 0 Å². The van der Waals surface area contributed by atoms with E-state index in [4.69, 9.17) is 0 Å². The first-order valence-electron chi connectivity index (χ1n) is 8.83. The predicted octanol–water partition coefficient (Wildman–Crippen LogP) is 1.09. The average Bonchev–Trinajstić information content (AvgIpc) is 2.84. The van der Waals surface area contributed by atoms with E-state index in [0.29, 0.717) is 6.42 Å². The van der Waals surface area contributed by atoms with E-state index < -0.39 is 11.9 Å². The van der Waals surface area contributed by atoms with Gasteiger partial charge in [0.1, 0.15) is 6.04 Å². The fourth-order valence-corrected chi connectivity index (χ4v) is 4.07. The fourth-order valence-electron chi connectivity index (χ4n) is 4.07. The minimum Gasteiger partial charge on any atom is -0.372 e. The lowest BCUT2D eigenvalue weighted by molar-refractivity contribution is -0.135. The number of rotatable bonds is 2. The first-order valence-corrected chi connectivity index (χ1v) is 8.83. The van der Waals surface area contributed by atoms with Crippen LogP contribution in [0.5, 0.6) is 0 Å². The van der Waals surface area contributed by atoms with Crippen molar-refractivity contribution in [2.24, 2.45) is 7.05 Å². The third-order valence-electron chi connectivity index (χ3n) is 5.41. The van der Waals surface area contributed by atoms with Crippen molar-refractivity contribution in [3.05, 3.63) is 28.2 Å². The summed E-state index contributed by atoms with van der Waals surface area (Å²) < 4.78 is 3.16. The maximum Gasteiger partial charge on any atom is 0.329 e. The molecule has 0 saturated carbocycles. The molecule has 2 amide bonds. The van der Waals surface area contributed by atoms with E-state index in [0.717, 1.165) is 37.0 Å². The highest BCUT2D eigenvalue weighted by molar-refractivity contribution is 6.00. The van der Waals surface area contributed by atoms with Crippen LogP contribution >= 0.6 is 0 Å². The van der Waals surface area contributed by atoms with Gasteiger partial charge < -0.3 is 4.90 Å². The molecule has 1 atom stereocenters. The van der Waals surface area contributed by atoms with E-state index in [1.165, 1.54) is 11.3 Å². The summed E-state index contributed by atoms with van der Waals surface area (Å²) in [6, 6.07) is 3.49. The van der Waals surface area contributed by atoms with E-state index in [1.807, 2.05) is 0 Å². The van der Waals surface area contributed by atoms with Crippen molar-refractivity contribution in [1.82, 2.24) is 14.5 Å². The van der Waals surface area contributed by atoms with Gasteiger partial charge in [0.05, 0.1) is 11.0 Å². The van der Waals surface area contributed by atoms with Crippen LogP contribution in [0.25, 0.3) is 11.0 Å². The summed E-state index contributed by atoms with van der Waals surface area (Å²) in [5, 5.41) is 2.35. The highest BCUT2D eigenvalue weighted by Gasteiger charge is 2.32. The zero-order valence-corrected chi connectivity index (χ0v) is 14.5. The fraction of sp³-hybridized carbons (Fsp3) is 0.500. The summed E-state index contributed by atoms with van der Waals surface area (Å²) in [5.74, 6) is -0.663. The molecule has 0 aliphatic carbocycles. The third kappa shape index (κ3) is 2.37. The molecule has 0 radical (unpaired) electrons. The molecule has 1 unspecified atom stereocenters. The number of imidazole rings is 1. The summed E-state index contributed by atoms with van der Waals surface area (Å²) in [6.45, 7) is 4.09. The molecule has 7 nitrogen and oxygen atoms in total. The van der Waals surface area contributed by atoms with Crippen LogP contribution in [-0.4, -0.2) is 34.0 Å². The molecule has 2 aliphatic heterocycles. The number of fused-ring (bicyclic) bond motifs is 2. The van der Waals surface area contributed by atoms with Crippen molar-refractivity contribution < 1.29 is 9.59 Å². The van der Waals surface area contributed by atoms with Gasteiger partial charge in [0.15, 0.2) is 0 Å². The van der Waals surface area contributed by atoms with Gasteiger partial charge in [0, 0.05) is 32.2 Å². The smallest absolute Gasteiger partial charge is 0.329 e. The van der Waals surface area contributed by atoms with E-state index in [1.54, 1.807) is 16.2 Å². The van der Waals surface area contributed by atoms with Crippen LogP contribution < -0.4 is 15.9 Å². The second-order valence-corrected chi connectivity index (χ2v) is 6.83. The van der Waals surface area contributed by atoms with Gasteiger partial charge in [-0.1, -0.05) is 0 Å². The van der Waals surface area contributed by atoms with Crippen LogP contribution in [0.1, 0.15) is 37.8 Å². The third-order valence-corrected chi connectivity index (χ3v) is 5.41. The van der Waals surface area contributed by atoms with Crippen molar-refractivity contribution in [3.8, 4) is 0 Å². The summed E-state index contributed by atoms with van der Waals surface area (Å²) in [7, 11) is 1.73. The Morgan fingerprint density at radius 3 is 2.68 bits per heavy atom. The lowest BCUT2D eigenvalue weighted by Gasteiger charge is -2.30. The summed E-state index contributed by atoms with van der Waals surface area (Å²) in [6.07, 6.45) is 2.68. The Kier molecular flexibility index (Phi) is 3.67. The normalized spacial score (nSPS) is 20.7. The molecule has 1 saturated heterocycles. The maximum atomic E-state index is 12.8. The largest absolute Gasteiger partial charge is 0.372 e. The number of imide groups is 1. The minimum atomic E-state index is -0.627. The van der Waals surface area contributed by atoms with Crippen LogP contribution in [0.3, 0.4) is 0 Å². The number of nitrogens with one attached hydrogen (secondary N) is 1. The highest BCUT2D eigenvalue weighted by atomic mass is 16.2. The van der Waals surface area contributed by atoms with Crippen LogP contribution in [0.4, 0.5) is 5.69 Å². The standard InChI is InChI=1S/C18H22N4O3/c1-3-21-8-4-5-11-9-15-14(10-13(11)21)20(2)18(25)22(15)12-6-7-16(23)19-17(12)24/h9-10,12H,3-8H2,1-2H3,(H,19,23,24). The van der Waals surface area contributed by atoms with Crippen molar-refractivity contribution in [2.75, 3.05) is 18.0 Å². The number of hydrogen-bond acceptors (Lipinski definition) is 4. The van der Waals surface area contributed by atoms with Gasteiger partial charge >= 0.3 is 5.69 Å². The van der Waals surface area contributed by atoms with Gasteiger partial charge in [-0.25, -0.2) is 4.79 Å². The van der Waals surface area contributed by atoms with Crippen molar-refractivity contribution in [3.63, 3.8) is 0 Å². The molecule has 1 fully saturated rings. The van der Waals surface area contributed by atoms with Crippen LogP contribution in [0.2, 0.25) is 0 Å². The number of hydrogen-bond donors (Lipinski definition) is 1. The molecule has 132 valence electrons.